The highest BCUT2D eigenvalue weighted by Gasteiger charge is 2.15. The van der Waals surface area contributed by atoms with Gasteiger partial charge in [-0.25, -0.2) is 8.42 Å². The van der Waals surface area contributed by atoms with Crippen molar-refractivity contribution in [2.75, 3.05) is 4.72 Å². The standard InChI is InChI=1S/C20H20N2O3S2/c1-15-5-2-3-6-17(15)14-21-19(23)13-16-8-10-18(11-9-16)22-27(24,25)20-7-4-12-26-20/h2-12,22H,13-14H2,1H3,(H,21,23). The van der Waals surface area contributed by atoms with E-state index < -0.39 is 10.0 Å². The zero-order valence-corrected chi connectivity index (χ0v) is 16.4. The lowest BCUT2D eigenvalue weighted by Crippen LogP contribution is -2.24. The molecule has 0 radical (unpaired) electrons. The van der Waals surface area contributed by atoms with E-state index in [2.05, 4.69) is 10.0 Å². The molecule has 0 aliphatic rings. The van der Waals surface area contributed by atoms with Crippen LogP contribution < -0.4 is 10.0 Å². The molecule has 0 unspecified atom stereocenters. The fraction of sp³-hybridized carbons (Fsp3) is 0.150. The van der Waals surface area contributed by atoms with E-state index in [1.807, 2.05) is 31.2 Å². The fourth-order valence-electron chi connectivity index (χ4n) is 2.56. The molecular weight excluding hydrogens is 380 g/mol. The number of hydrogen-bond acceptors (Lipinski definition) is 4. The molecule has 2 N–H and O–H groups in total. The summed E-state index contributed by atoms with van der Waals surface area (Å²) in [5, 5.41) is 4.63. The van der Waals surface area contributed by atoms with Crippen molar-refractivity contribution in [2.45, 2.75) is 24.1 Å². The molecule has 0 saturated heterocycles. The Kier molecular flexibility index (Phi) is 5.93. The lowest BCUT2D eigenvalue weighted by atomic mass is 10.1. The van der Waals surface area contributed by atoms with Gasteiger partial charge in [-0.3, -0.25) is 9.52 Å². The van der Waals surface area contributed by atoms with Gasteiger partial charge >= 0.3 is 0 Å². The summed E-state index contributed by atoms with van der Waals surface area (Å²) in [6, 6.07) is 18.0. The van der Waals surface area contributed by atoms with E-state index in [9.17, 15) is 13.2 Å². The zero-order valence-electron chi connectivity index (χ0n) is 14.8. The van der Waals surface area contributed by atoms with Crippen molar-refractivity contribution >= 4 is 33.0 Å². The molecule has 27 heavy (non-hydrogen) atoms. The molecule has 1 amide bonds. The number of nitrogens with one attached hydrogen (secondary N) is 2. The van der Waals surface area contributed by atoms with Gasteiger partial charge in [-0.05, 0) is 47.2 Å². The smallest absolute Gasteiger partial charge is 0.271 e. The number of hydrogen-bond donors (Lipinski definition) is 2. The van der Waals surface area contributed by atoms with Gasteiger partial charge in [0.15, 0.2) is 0 Å². The highest BCUT2D eigenvalue weighted by molar-refractivity contribution is 7.94. The van der Waals surface area contributed by atoms with Gasteiger partial charge in [0.1, 0.15) is 4.21 Å². The summed E-state index contributed by atoms with van der Waals surface area (Å²) in [4.78, 5) is 12.1. The van der Waals surface area contributed by atoms with Crippen LogP contribution in [-0.4, -0.2) is 14.3 Å². The van der Waals surface area contributed by atoms with Crippen LogP contribution in [0.25, 0.3) is 0 Å². The van der Waals surface area contributed by atoms with E-state index >= 15 is 0 Å². The molecule has 0 bridgehead atoms. The van der Waals surface area contributed by atoms with E-state index in [1.54, 1.807) is 41.8 Å². The summed E-state index contributed by atoms with van der Waals surface area (Å²) in [6.07, 6.45) is 0.240. The molecule has 7 heteroatoms. The van der Waals surface area contributed by atoms with Crippen molar-refractivity contribution in [3.8, 4) is 0 Å². The molecular formula is C20H20N2O3S2. The van der Waals surface area contributed by atoms with Gasteiger partial charge in [-0.2, -0.15) is 0 Å². The summed E-state index contributed by atoms with van der Waals surface area (Å²) in [7, 11) is -3.56. The third kappa shape index (κ3) is 5.18. The van der Waals surface area contributed by atoms with E-state index in [4.69, 9.17) is 0 Å². The van der Waals surface area contributed by atoms with Gasteiger partial charge in [-0.1, -0.05) is 42.5 Å². The summed E-state index contributed by atoms with van der Waals surface area (Å²) >= 11 is 1.16. The predicted octanol–water partition coefficient (Wildman–Crippen LogP) is 3.72. The zero-order chi connectivity index (χ0) is 19.3. The number of anilines is 1. The molecule has 0 saturated carbocycles. The average Bonchev–Trinajstić information content (AvgIpc) is 3.18. The van der Waals surface area contributed by atoms with Crippen molar-refractivity contribution in [3.05, 3.63) is 82.7 Å². The number of carbonyl (C=O) groups is 1. The molecule has 1 heterocycles. The summed E-state index contributed by atoms with van der Waals surface area (Å²) in [5.41, 5.74) is 3.51. The minimum atomic E-state index is -3.56. The molecule has 0 aliphatic heterocycles. The van der Waals surface area contributed by atoms with Gasteiger partial charge < -0.3 is 5.32 Å². The van der Waals surface area contributed by atoms with Crippen LogP contribution in [0.2, 0.25) is 0 Å². The Morgan fingerprint density at radius 2 is 1.74 bits per heavy atom. The number of carbonyl (C=O) groups excluding carboxylic acids is 1. The van der Waals surface area contributed by atoms with Crippen molar-refractivity contribution < 1.29 is 13.2 Å². The summed E-state index contributed by atoms with van der Waals surface area (Å²) in [6.45, 7) is 2.50. The lowest BCUT2D eigenvalue weighted by molar-refractivity contribution is -0.120. The van der Waals surface area contributed by atoms with Crippen molar-refractivity contribution in [1.29, 1.82) is 0 Å². The van der Waals surface area contributed by atoms with Crippen LogP contribution in [0, 0.1) is 6.92 Å². The quantitative estimate of drug-likeness (QED) is 0.635. The molecule has 1 aromatic heterocycles. The first-order valence-corrected chi connectivity index (χ1v) is 10.8. The van der Waals surface area contributed by atoms with E-state index in [0.29, 0.717) is 12.2 Å². The Morgan fingerprint density at radius 1 is 1.00 bits per heavy atom. The van der Waals surface area contributed by atoms with Gasteiger partial charge in [0.05, 0.1) is 6.42 Å². The third-order valence-electron chi connectivity index (χ3n) is 4.07. The topological polar surface area (TPSA) is 75.3 Å². The van der Waals surface area contributed by atoms with Crippen LogP contribution in [0.1, 0.15) is 16.7 Å². The van der Waals surface area contributed by atoms with Crippen molar-refractivity contribution in [3.63, 3.8) is 0 Å². The molecule has 0 aliphatic carbocycles. The largest absolute Gasteiger partial charge is 0.352 e. The monoisotopic (exact) mass is 400 g/mol. The van der Waals surface area contributed by atoms with Gasteiger partial charge in [0, 0.05) is 12.2 Å². The van der Waals surface area contributed by atoms with E-state index in [-0.39, 0.29) is 16.5 Å². The highest BCUT2D eigenvalue weighted by Crippen LogP contribution is 2.20. The van der Waals surface area contributed by atoms with Gasteiger partial charge in [0.2, 0.25) is 5.91 Å². The van der Waals surface area contributed by atoms with Crippen LogP contribution >= 0.6 is 11.3 Å². The molecule has 0 spiro atoms. The fourth-order valence-corrected chi connectivity index (χ4v) is 4.61. The molecule has 140 valence electrons. The van der Waals surface area contributed by atoms with Crippen LogP contribution in [0.15, 0.2) is 70.3 Å². The Balaban J connectivity index is 1.56. The maximum Gasteiger partial charge on any atom is 0.271 e. The SMILES string of the molecule is Cc1ccccc1CNC(=O)Cc1ccc(NS(=O)(=O)c2cccs2)cc1. The Labute approximate surface area is 163 Å². The Hall–Kier alpha value is -2.64. The van der Waals surface area contributed by atoms with Crippen molar-refractivity contribution in [2.24, 2.45) is 0 Å². The lowest BCUT2D eigenvalue weighted by Gasteiger charge is -2.09. The number of rotatable bonds is 7. The number of aryl methyl sites for hydroxylation is 1. The minimum Gasteiger partial charge on any atom is -0.352 e. The number of amides is 1. The van der Waals surface area contributed by atoms with Crippen LogP contribution in [0.5, 0.6) is 0 Å². The second-order valence-electron chi connectivity index (χ2n) is 6.11. The van der Waals surface area contributed by atoms with Crippen LogP contribution in [-0.2, 0) is 27.8 Å². The first-order chi connectivity index (χ1) is 12.9. The normalized spacial score (nSPS) is 11.1. The first-order valence-electron chi connectivity index (χ1n) is 8.40. The predicted molar refractivity (Wildman–Crippen MR) is 108 cm³/mol. The second-order valence-corrected chi connectivity index (χ2v) is 8.97. The third-order valence-corrected chi connectivity index (χ3v) is 6.85. The van der Waals surface area contributed by atoms with E-state index in [0.717, 1.165) is 28.0 Å². The van der Waals surface area contributed by atoms with E-state index in [1.165, 1.54) is 0 Å². The second kappa shape index (κ2) is 8.37. The summed E-state index contributed by atoms with van der Waals surface area (Å²) in [5.74, 6) is -0.0785. The van der Waals surface area contributed by atoms with Gasteiger partial charge in [0.25, 0.3) is 10.0 Å². The first kappa shape index (κ1) is 19.1. The molecule has 5 nitrogen and oxygen atoms in total. The average molecular weight is 401 g/mol. The Bertz CT molecular complexity index is 1010. The van der Waals surface area contributed by atoms with Crippen LogP contribution in [0.3, 0.4) is 0 Å². The molecule has 3 aromatic rings. The maximum atomic E-state index is 12.2. The molecule has 2 aromatic carbocycles. The van der Waals surface area contributed by atoms with Crippen LogP contribution in [0.4, 0.5) is 5.69 Å². The maximum absolute atomic E-state index is 12.2. The molecule has 0 atom stereocenters. The molecule has 0 fully saturated rings. The highest BCUT2D eigenvalue weighted by atomic mass is 32.2. The number of benzene rings is 2. The minimum absolute atomic E-state index is 0.0785. The molecule has 3 rings (SSSR count). The number of sulfonamides is 1. The van der Waals surface area contributed by atoms with Gasteiger partial charge in [-0.15, -0.1) is 11.3 Å². The Morgan fingerprint density at radius 3 is 2.41 bits per heavy atom. The number of thiophene rings is 1. The summed E-state index contributed by atoms with van der Waals surface area (Å²) < 4.78 is 27.2. The van der Waals surface area contributed by atoms with Crippen molar-refractivity contribution in [1.82, 2.24) is 5.32 Å².